The molecule has 0 spiro atoms. The van der Waals surface area contributed by atoms with Gasteiger partial charge in [-0.25, -0.2) is 4.57 Å². The summed E-state index contributed by atoms with van der Waals surface area (Å²) in [7, 11) is 0. The summed E-state index contributed by atoms with van der Waals surface area (Å²) in [6.07, 6.45) is 0. The van der Waals surface area contributed by atoms with Gasteiger partial charge in [0.25, 0.3) is 0 Å². The Kier molecular flexibility index (Phi) is 14.6. The standard InChI is InChI=1S/Au.Na.H3O3PS.H/c;;1-4(2,3)5;/h;;(H3,1,2,3,5);. The number of thiol groups is 1. The van der Waals surface area contributed by atoms with Crippen molar-refractivity contribution in [1.29, 1.82) is 0 Å². The Bertz CT molecular complexity index is 61.1. The van der Waals surface area contributed by atoms with E-state index in [4.69, 9.17) is 9.79 Å². The Morgan fingerprint density at radius 2 is 1.43 bits per heavy atom. The number of hydrogen-bond acceptors (Lipinski definition) is 1. The summed E-state index contributed by atoms with van der Waals surface area (Å²) in [4.78, 5) is 15.0. The van der Waals surface area contributed by atoms with E-state index in [1.165, 1.54) is 0 Å². The third kappa shape index (κ3) is 63.9. The van der Waals surface area contributed by atoms with Gasteiger partial charge in [-0.3, -0.25) is 0 Å². The van der Waals surface area contributed by atoms with Gasteiger partial charge >= 0.3 is 36.4 Å². The van der Waals surface area contributed by atoms with Gasteiger partial charge in [0.2, 0.25) is 0 Å². The van der Waals surface area contributed by atoms with E-state index in [2.05, 4.69) is 12.2 Å². The van der Waals surface area contributed by atoms with Crippen LogP contribution in [0.1, 0.15) is 0 Å². The Morgan fingerprint density at radius 1 is 1.43 bits per heavy atom. The van der Waals surface area contributed by atoms with Gasteiger partial charge in [0.1, 0.15) is 0 Å². The first-order chi connectivity index (χ1) is 2.00. The molecule has 7 heavy (non-hydrogen) atoms. The van der Waals surface area contributed by atoms with Gasteiger partial charge in [0.05, 0.1) is 0 Å². The van der Waals surface area contributed by atoms with Crippen LogP contribution in [-0.2, 0) is 26.9 Å². The van der Waals surface area contributed by atoms with E-state index in [1.54, 1.807) is 0 Å². The predicted molar refractivity (Wildman–Crippen MR) is 28.2 cm³/mol. The second-order valence-corrected chi connectivity index (χ2v) is 3.10. The molecule has 0 saturated heterocycles. The monoisotopic (exact) mass is 335 g/mol. The fraction of sp³-hybridized carbons (Fsp3) is 0. The molecule has 3 nitrogen and oxygen atoms in total. The molecule has 0 aromatic rings. The second-order valence-electron chi connectivity index (χ2n) is 0.513. The Morgan fingerprint density at radius 3 is 1.43 bits per heavy atom. The number of rotatable bonds is 0. The SMILES string of the molecule is O=P(O)(O)S.[Au].[NaH]. The van der Waals surface area contributed by atoms with Crippen molar-refractivity contribution < 1.29 is 36.7 Å². The zero-order valence-electron chi connectivity index (χ0n) is 2.50. The van der Waals surface area contributed by atoms with Gasteiger partial charge in [-0.15, -0.1) is 0 Å². The Labute approximate surface area is 84.4 Å². The van der Waals surface area contributed by atoms with Crippen LogP contribution in [0, 0.1) is 0 Å². The Balaban J connectivity index is -0.0000000800. The van der Waals surface area contributed by atoms with Gasteiger partial charge in [-0.05, 0) is 0 Å². The molecular formula is H4AuNaO3PS. The molecule has 0 heterocycles. The van der Waals surface area contributed by atoms with Crippen LogP contribution in [-0.4, -0.2) is 39.3 Å². The molecule has 0 fully saturated rings. The first kappa shape index (κ1) is 16.1. The molecule has 0 aliphatic heterocycles. The summed E-state index contributed by atoms with van der Waals surface area (Å²) < 4.78 is 9.19. The summed E-state index contributed by atoms with van der Waals surface area (Å²) in [6, 6.07) is 0. The quantitative estimate of drug-likeness (QED) is 0.314. The second kappa shape index (κ2) is 6.36. The van der Waals surface area contributed by atoms with E-state index in [0.717, 1.165) is 0 Å². The maximum atomic E-state index is 9.19. The van der Waals surface area contributed by atoms with Gasteiger partial charge in [-0.1, -0.05) is 12.2 Å². The minimum absolute atomic E-state index is 0. The summed E-state index contributed by atoms with van der Waals surface area (Å²) in [5, 5.41) is 0. The predicted octanol–water partition coefficient (Wildman–Crippen LogP) is -0.642. The summed E-state index contributed by atoms with van der Waals surface area (Å²) >= 11 is 2.79. The molecule has 0 aromatic heterocycles. The van der Waals surface area contributed by atoms with Crippen molar-refractivity contribution in [2.24, 2.45) is 0 Å². The van der Waals surface area contributed by atoms with Gasteiger partial charge in [-0.2, -0.15) is 0 Å². The molecule has 7 heteroatoms. The molecule has 0 aromatic carbocycles. The maximum absolute atomic E-state index is 9.19. The first-order valence-corrected chi connectivity index (χ1v) is 3.55. The van der Waals surface area contributed by atoms with Gasteiger partial charge < -0.3 is 9.79 Å². The van der Waals surface area contributed by atoms with E-state index in [1.807, 2.05) is 0 Å². The topological polar surface area (TPSA) is 57.5 Å². The molecule has 0 aliphatic rings. The molecule has 1 radical (unpaired) electrons. The molecule has 0 saturated carbocycles. The molecule has 2 N–H and O–H groups in total. The van der Waals surface area contributed by atoms with Crippen molar-refractivity contribution >= 4 is 48.6 Å². The average Bonchev–Trinajstić information content (AvgIpc) is 0.722. The van der Waals surface area contributed by atoms with Crippen LogP contribution in [0.25, 0.3) is 0 Å². The van der Waals surface area contributed by atoms with Crippen LogP contribution in [0.3, 0.4) is 0 Å². The van der Waals surface area contributed by atoms with Crippen LogP contribution in [0.2, 0.25) is 0 Å². The Hall–Kier alpha value is 2.24. The van der Waals surface area contributed by atoms with Crippen molar-refractivity contribution in [3.05, 3.63) is 0 Å². The van der Waals surface area contributed by atoms with E-state index in [9.17, 15) is 4.57 Å². The van der Waals surface area contributed by atoms with Gasteiger partial charge in [0, 0.05) is 22.4 Å². The third-order valence-corrected chi connectivity index (χ3v) is 0. The molecule has 0 atom stereocenters. The zero-order valence-corrected chi connectivity index (χ0v) is 6.45. The summed E-state index contributed by atoms with van der Waals surface area (Å²) in [6.45, 7) is -3.94. The van der Waals surface area contributed by atoms with Crippen LogP contribution < -0.4 is 0 Å². The molecule has 0 amide bonds. The van der Waals surface area contributed by atoms with Crippen molar-refractivity contribution in [3.8, 4) is 0 Å². The van der Waals surface area contributed by atoms with E-state index >= 15 is 0 Å². The molecule has 0 bridgehead atoms. The van der Waals surface area contributed by atoms with Crippen LogP contribution in [0.4, 0.5) is 0 Å². The van der Waals surface area contributed by atoms with Gasteiger partial charge in [0.15, 0.2) is 0 Å². The molecule has 0 unspecified atom stereocenters. The first-order valence-electron chi connectivity index (χ1n) is 0.783. The fourth-order valence-corrected chi connectivity index (χ4v) is 0. The summed E-state index contributed by atoms with van der Waals surface area (Å²) in [5.41, 5.74) is 0. The number of hydrogen-bond donors (Lipinski definition) is 3. The normalized spacial score (nSPS) is 8.43. The minimum atomic E-state index is -3.94. The molecule has 0 aliphatic carbocycles. The van der Waals surface area contributed by atoms with Crippen molar-refractivity contribution in [2.45, 2.75) is 0 Å². The van der Waals surface area contributed by atoms with Crippen LogP contribution in [0.15, 0.2) is 0 Å². The van der Waals surface area contributed by atoms with Crippen molar-refractivity contribution in [2.75, 3.05) is 0 Å². The summed E-state index contributed by atoms with van der Waals surface area (Å²) in [5.74, 6) is 0. The fourth-order valence-electron chi connectivity index (χ4n) is 0. The molecular weight excluding hydrogens is 331 g/mol. The van der Waals surface area contributed by atoms with Crippen LogP contribution >= 0.6 is 19.0 Å². The van der Waals surface area contributed by atoms with Crippen LogP contribution in [0.5, 0.6) is 0 Å². The third-order valence-electron chi connectivity index (χ3n) is 0. The van der Waals surface area contributed by atoms with E-state index < -0.39 is 6.80 Å². The van der Waals surface area contributed by atoms with E-state index in [-0.39, 0.29) is 51.9 Å². The van der Waals surface area contributed by atoms with Crippen molar-refractivity contribution in [1.82, 2.24) is 0 Å². The van der Waals surface area contributed by atoms with E-state index in [0.29, 0.717) is 0 Å². The zero-order chi connectivity index (χ0) is 4.50. The molecule has 0 rings (SSSR count). The average molecular weight is 335 g/mol. The van der Waals surface area contributed by atoms with Crippen molar-refractivity contribution in [3.63, 3.8) is 0 Å². The molecule has 45 valence electrons.